The van der Waals surface area contributed by atoms with Gasteiger partial charge in [-0.15, -0.1) is 0 Å². The molecule has 2 N–H and O–H groups in total. The normalized spacial score (nSPS) is 10.2. The van der Waals surface area contributed by atoms with Crippen molar-refractivity contribution in [3.8, 4) is 5.75 Å². The summed E-state index contributed by atoms with van der Waals surface area (Å²) < 4.78 is 5.64. The average molecular weight is 250 g/mol. The van der Waals surface area contributed by atoms with Gasteiger partial charge >= 0.3 is 0 Å². The first-order valence-corrected chi connectivity index (χ1v) is 6.35. The number of rotatable bonds is 7. The molecule has 4 nitrogen and oxygen atoms in total. The second-order valence-electron chi connectivity index (χ2n) is 4.25. The fourth-order valence-electron chi connectivity index (χ4n) is 1.52. The summed E-state index contributed by atoms with van der Waals surface area (Å²) in [6.07, 6.45) is 1.40. The Kier molecular flexibility index (Phi) is 6.22. The Bertz CT molecular complexity index is 391. The smallest absolute Gasteiger partial charge is 0.225 e. The van der Waals surface area contributed by atoms with Crippen LogP contribution in [0.3, 0.4) is 0 Å². The summed E-state index contributed by atoms with van der Waals surface area (Å²) in [5.41, 5.74) is 1.87. The van der Waals surface area contributed by atoms with Gasteiger partial charge < -0.3 is 15.4 Å². The monoisotopic (exact) mass is 250 g/mol. The Morgan fingerprint density at radius 1 is 1.39 bits per heavy atom. The van der Waals surface area contributed by atoms with E-state index >= 15 is 0 Å². The summed E-state index contributed by atoms with van der Waals surface area (Å²) in [5.74, 6) is 0.740. The summed E-state index contributed by atoms with van der Waals surface area (Å²) >= 11 is 0. The zero-order valence-corrected chi connectivity index (χ0v) is 11.4. The zero-order chi connectivity index (χ0) is 13.4. The highest BCUT2D eigenvalue weighted by molar-refractivity contribution is 5.92. The second-order valence-corrected chi connectivity index (χ2v) is 4.25. The van der Waals surface area contributed by atoms with E-state index in [0.717, 1.165) is 23.4 Å². The third kappa shape index (κ3) is 4.75. The van der Waals surface area contributed by atoms with Gasteiger partial charge in [0.05, 0.1) is 12.3 Å². The first-order chi connectivity index (χ1) is 8.67. The molecule has 0 aliphatic heterocycles. The molecule has 100 valence electrons. The number of benzene rings is 1. The molecule has 0 saturated heterocycles. The van der Waals surface area contributed by atoms with Crippen molar-refractivity contribution >= 4 is 11.6 Å². The van der Waals surface area contributed by atoms with Crippen LogP contribution < -0.4 is 15.4 Å². The van der Waals surface area contributed by atoms with Gasteiger partial charge in [0.2, 0.25) is 5.91 Å². The van der Waals surface area contributed by atoms with E-state index in [1.165, 1.54) is 0 Å². The van der Waals surface area contributed by atoms with Gasteiger partial charge in [-0.25, -0.2) is 0 Å². The van der Waals surface area contributed by atoms with Crippen molar-refractivity contribution in [2.24, 2.45) is 0 Å². The van der Waals surface area contributed by atoms with Gasteiger partial charge in [0, 0.05) is 13.0 Å². The second kappa shape index (κ2) is 7.71. The molecule has 1 aromatic rings. The summed E-state index contributed by atoms with van der Waals surface area (Å²) in [6.45, 7) is 5.39. The van der Waals surface area contributed by atoms with Crippen LogP contribution >= 0.6 is 0 Å². The van der Waals surface area contributed by atoms with Gasteiger partial charge in [-0.1, -0.05) is 13.0 Å². The molecule has 18 heavy (non-hydrogen) atoms. The molecule has 0 bridgehead atoms. The highest BCUT2D eigenvalue weighted by atomic mass is 16.5. The van der Waals surface area contributed by atoms with E-state index in [1.807, 2.05) is 32.2 Å². The van der Waals surface area contributed by atoms with Gasteiger partial charge in [-0.2, -0.15) is 0 Å². The molecule has 1 amide bonds. The van der Waals surface area contributed by atoms with Crippen molar-refractivity contribution in [3.63, 3.8) is 0 Å². The van der Waals surface area contributed by atoms with Crippen molar-refractivity contribution in [1.82, 2.24) is 5.32 Å². The van der Waals surface area contributed by atoms with Crippen LogP contribution in [0.25, 0.3) is 0 Å². The molecule has 0 fully saturated rings. The third-order valence-corrected chi connectivity index (χ3v) is 2.47. The van der Waals surface area contributed by atoms with E-state index in [0.29, 0.717) is 19.6 Å². The Hall–Kier alpha value is -1.55. The van der Waals surface area contributed by atoms with Gasteiger partial charge in [-0.3, -0.25) is 4.79 Å². The highest BCUT2D eigenvalue weighted by Crippen LogP contribution is 2.26. The molecule has 0 aromatic heterocycles. The first-order valence-electron chi connectivity index (χ1n) is 6.35. The topological polar surface area (TPSA) is 50.4 Å². The van der Waals surface area contributed by atoms with Crippen LogP contribution in [0.1, 0.15) is 25.3 Å². The predicted octanol–water partition coefficient (Wildman–Crippen LogP) is 2.33. The summed E-state index contributed by atoms with van der Waals surface area (Å²) in [5, 5.41) is 5.83. The Morgan fingerprint density at radius 2 is 2.17 bits per heavy atom. The summed E-state index contributed by atoms with van der Waals surface area (Å²) in [7, 11) is 1.83. The fraction of sp³-hybridized carbons (Fsp3) is 0.500. The number of anilines is 1. The SMILES string of the molecule is CCCOc1cc(C)ccc1NC(=O)CCNC. The first kappa shape index (κ1) is 14.5. The standard InChI is InChI=1S/C14H22N2O2/c1-4-9-18-13-10-11(2)5-6-12(13)16-14(17)7-8-15-3/h5-6,10,15H,4,7-9H2,1-3H3,(H,16,17). The molecule has 4 heteroatoms. The molecular formula is C14H22N2O2. The van der Waals surface area contributed by atoms with E-state index in [2.05, 4.69) is 17.6 Å². The maximum Gasteiger partial charge on any atom is 0.225 e. The number of carbonyl (C=O) groups is 1. The molecule has 0 radical (unpaired) electrons. The lowest BCUT2D eigenvalue weighted by Gasteiger charge is -2.13. The van der Waals surface area contributed by atoms with E-state index in [-0.39, 0.29) is 5.91 Å². The quantitative estimate of drug-likeness (QED) is 0.781. The van der Waals surface area contributed by atoms with Crippen molar-refractivity contribution in [1.29, 1.82) is 0 Å². The van der Waals surface area contributed by atoms with Crippen molar-refractivity contribution in [2.75, 3.05) is 25.5 Å². The number of carbonyl (C=O) groups excluding carboxylic acids is 1. The third-order valence-electron chi connectivity index (χ3n) is 2.47. The maximum absolute atomic E-state index is 11.7. The molecule has 0 spiro atoms. The Labute approximate surface area is 109 Å². The fourth-order valence-corrected chi connectivity index (χ4v) is 1.52. The molecule has 0 heterocycles. The summed E-state index contributed by atoms with van der Waals surface area (Å²) in [4.78, 5) is 11.7. The van der Waals surface area contributed by atoms with Crippen LogP contribution in [0.5, 0.6) is 5.75 Å². The lowest BCUT2D eigenvalue weighted by molar-refractivity contribution is -0.116. The number of hydrogen-bond acceptors (Lipinski definition) is 3. The van der Waals surface area contributed by atoms with Crippen LogP contribution in [0.2, 0.25) is 0 Å². The van der Waals surface area contributed by atoms with E-state index in [4.69, 9.17) is 4.74 Å². The lowest BCUT2D eigenvalue weighted by Crippen LogP contribution is -2.19. The molecule has 0 aliphatic rings. The van der Waals surface area contributed by atoms with Crippen LogP contribution in [0.4, 0.5) is 5.69 Å². The minimum absolute atomic E-state index is 0.00504. The van der Waals surface area contributed by atoms with Gasteiger partial charge in [-0.05, 0) is 38.1 Å². The van der Waals surface area contributed by atoms with Crippen molar-refractivity contribution < 1.29 is 9.53 Å². The average Bonchev–Trinajstić information content (AvgIpc) is 2.36. The Balaban J connectivity index is 2.70. The van der Waals surface area contributed by atoms with Crippen molar-refractivity contribution in [3.05, 3.63) is 23.8 Å². The van der Waals surface area contributed by atoms with E-state index in [9.17, 15) is 4.79 Å². The molecule has 0 unspecified atom stereocenters. The van der Waals surface area contributed by atoms with Gasteiger partial charge in [0.15, 0.2) is 0 Å². The maximum atomic E-state index is 11.7. The molecular weight excluding hydrogens is 228 g/mol. The van der Waals surface area contributed by atoms with Crippen LogP contribution in [0, 0.1) is 6.92 Å². The van der Waals surface area contributed by atoms with Crippen LogP contribution in [-0.2, 0) is 4.79 Å². The molecule has 0 atom stereocenters. The number of ether oxygens (including phenoxy) is 1. The molecule has 0 aliphatic carbocycles. The summed E-state index contributed by atoms with van der Waals surface area (Å²) in [6, 6.07) is 5.80. The largest absolute Gasteiger partial charge is 0.491 e. The number of nitrogens with one attached hydrogen (secondary N) is 2. The van der Waals surface area contributed by atoms with Crippen LogP contribution in [0.15, 0.2) is 18.2 Å². The van der Waals surface area contributed by atoms with Gasteiger partial charge in [0.1, 0.15) is 5.75 Å². The Morgan fingerprint density at radius 3 is 2.83 bits per heavy atom. The zero-order valence-electron chi connectivity index (χ0n) is 11.4. The molecule has 1 aromatic carbocycles. The molecule has 1 rings (SSSR count). The minimum atomic E-state index is -0.00504. The van der Waals surface area contributed by atoms with E-state index in [1.54, 1.807) is 0 Å². The van der Waals surface area contributed by atoms with E-state index < -0.39 is 0 Å². The van der Waals surface area contributed by atoms with Gasteiger partial charge in [0.25, 0.3) is 0 Å². The number of amides is 1. The van der Waals surface area contributed by atoms with Crippen molar-refractivity contribution in [2.45, 2.75) is 26.7 Å². The minimum Gasteiger partial charge on any atom is -0.491 e. The highest BCUT2D eigenvalue weighted by Gasteiger charge is 2.07. The lowest BCUT2D eigenvalue weighted by atomic mass is 10.2. The number of hydrogen-bond donors (Lipinski definition) is 2. The number of aryl methyl sites for hydroxylation is 1. The van der Waals surface area contributed by atoms with Crippen LogP contribution in [-0.4, -0.2) is 26.1 Å². The predicted molar refractivity (Wildman–Crippen MR) is 74.1 cm³/mol. The molecule has 0 saturated carbocycles.